The number of para-hydroxylation sites is 2. The second-order valence-electron chi connectivity index (χ2n) is 8.67. The Bertz CT molecular complexity index is 1850. The number of benzene rings is 4. The molecular formula is C31H21FN2O3S. The van der Waals surface area contributed by atoms with Crippen molar-refractivity contribution < 1.29 is 17.5 Å². The second kappa shape index (κ2) is 9.61. The Morgan fingerprint density at radius 1 is 0.711 bits per heavy atom. The van der Waals surface area contributed by atoms with E-state index >= 15 is 0 Å². The zero-order chi connectivity index (χ0) is 26.1. The zero-order valence-corrected chi connectivity index (χ0v) is 20.8. The van der Waals surface area contributed by atoms with Crippen molar-refractivity contribution >= 4 is 21.1 Å². The van der Waals surface area contributed by atoms with Crippen LogP contribution in [0.3, 0.4) is 0 Å². The van der Waals surface area contributed by atoms with Crippen LogP contribution in [-0.4, -0.2) is 17.4 Å². The van der Waals surface area contributed by atoms with E-state index in [0.29, 0.717) is 28.0 Å². The SMILES string of the molecule is O=S(=O)(c1ccccc1)n1cc(-c2ccc(F)cc2)c2cc(-c3ccccc3Oc3ccccc3)cnc21. The summed E-state index contributed by atoms with van der Waals surface area (Å²) in [6, 6.07) is 33.1. The Hall–Kier alpha value is -4.75. The van der Waals surface area contributed by atoms with E-state index in [1.807, 2.05) is 60.7 Å². The smallest absolute Gasteiger partial charge is 0.269 e. The first kappa shape index (κ1) is 23.6. The number of aromatic nitrogens is 2. The number of fused-ring (bicyclic) bond motifs is 1. The highest BCUT2D eigenvalue weighted by atomic mass is 32.2. The first-order valence-electron chi connectivity index (χ1n) is 11.9. The van der Waals surface area contributed by atoms with Crippen LogP contribution in [0.5, 0.6) is 11.5 Å². The summed E-state index contributed by atoms with van der Waals surface area (Å²) in [5, 5.41) is 0.614. The molecule has 0 radical (unpaired) electrons. The third-order valence-electron chi connectivity index (χ3n) is 6.24. The van der Waals surface area contributed by atoms with Gasteiger partial charge in [-0.05, 0) is 54.1 Å². The van der Waals surface area contributed by atoms with Gasteiger partial charge in [-0.2, -0.15) is 0 Å². The first-order valence-corrected chi connectivity index (χ1v) is 13.3. The van der Waals surface area contributed by atoms with Crippen molar-refractivity contribution in [3.63, 3.8) is 0 Å². The van der Waals surface area contributed by atoms with Crippen LogP contribution < -0.4 is 4.74 Å². The Morgan fingerprint density at radius 2 is 1.37 bits per heavy atom. The third-order valence-corrected chi connectivity index (χ3v) is 7.90. The topological polar surface area (TPSA) is 61.2 Å². The molecule has 4 aromatic carbocycles. The lowest BCUT2D eigenvalue weighted by atomic mass is 10.0. The van der Waals surface area contributed by atoms with Gasteiger partial charge in [0.25, 0.3) is 10.0 Å². The minimum absolute atomic E-state index is 0.148. The molecule has 0 unspecified atom stereocenters. The van der Waals surface area contributed by atoms with E-state index in [2.05, 4.69) is 4.98 Å². The summed E-state index contributed by atoms with van der Waals surface area (Å²) in [7, 11) is -3.93. The quantitative estimate of drug-likeness (QED) is 0.228. The second-order valence-corrected chi connectivity index (χ2v) is 10.5. The van der Waals surface area contributed by atoms with Gasteiger partial charge < -0.3 is 4.74 Å². The molecule has 0 aliphatic heterocycles. The summed E-state index contributed by atoms with van der Waals surface area (Å²) in [4.78, 5) is 4.76. The largest absolute Gasteiger partial charge is 0.457 e. The minimum Gasteiger partial charge on any atom is -0.457 e. The van der Waals surface area contributed by atoms with Gasteiger partial charge >= 0.3 is 0 Å². The number of hydrogen-bond acceptors (Lipinski definition) is 4. The van der Waals surface area contributed by atoms with Gasteiger partial charge in [-0.1, -0.05) is 66.7 Å². The molecule has 0 fully saturated rings. The lowest BCUT2D eigenvalue weighted by molar-refractivity contribution is 0.484. The molecule has 38 heavy (non-hydrogen) atoms. The lowest BCUT2D eigenvalue weighted by Crippen LogP contribution is -2.12. The Balaban J connectivity index is 1.55. The fourth-order valence-corrected chi connectivity index (χ4v) is 5.73. The number of halogens is 1. The molecule has 0 aliphatic carbocycles. The van der Waals surface area contributed by atoms with Gasteiger partial charge in [0.2, 0.25) is 0 Å². The fraction of sp³-hybridized carbons (Fsp3) is 0. The standard InChI is InChI=1S/C31H21FN2O3S/c32-24-17-15-22(16-18-24)29-21-34(38(35,36)26-11-5-2-6-12-26)31-28(29)19-23(20-33-31)27-13-7-8-14-30(27)37-25-9-3-1-4-10-25/h1-21H. The van der Waals surface area contributed by atoms with Crippen molar-refractivity contribution in [2.75, 3.05) is 0 Å². The molecular weight excluding hydrogens is 499 g/mol. The van der Waals surface area contributed by atoms with Crippen molar-refractivity contribution in [2.45, 2.75) is 4.90 Å². The molecule has 2 heterocycles. The van der Waals surface area contributed by atoms with E-state index in [1.54, 1.807) is 54.9 Å². The van der Waals surface area contributed by atoms with Crippen molar-refractivity contribution in [1.29, 1.82) is 0 Å². The minimum atomic E-state index is -3.93. The average Bonchev–Trinajstić information content (AvgIpc) is 3.35. The van der Waals surface area contributed by atoms with Crippen molar-refractivity contribution in [3.8, 4) is 33.8 Å². The zero-order valence-electron chi connectivity index (χ0n) is 20.0. The van der Waals surface area contributed by atoms with Crippen LogP contribution in [0.4, 0.5) is 4.39 Å². The van der Waals surface area contributed by atoms with E-state index in [1.165, 1.54) is 16.1 Å². The maximum atomic E-state index is 13.7. The summed E-state index contributed by atoms with van der Waals surface area (Å²) in [6.45, 7) is 0. The van der Waals surface area contributed by atoms with Gasteiger partial charge in [-0.3, -0.25) is 0 Å². The molecule has 0 bridgehead atoms. The van der Waals surface area contributed by atoms with Gasteiger partial charge in [0.15, 0.2) is 5.65 Å². The van der Waals surface area contributed by atoms with Crippen molar-refractivity contribution in [1.82, 2.24) is 8.96 Å². The summed E-state index contributed by atoms with van der Waals surface area (Å²) in [6.07, 6.45) is 3.18. The number of hydrogen-bond donors (Lipinski definition) is 0. The predicted molar refractivity (Wildman–Crippen MR) is 146 cm³/mol. The molecule has 0 atom stereocenters. The fourth-order valence-electron chi connectivity index (χ4n) is 4.38. The highest BCUT2D eigenvalue weighted by molar-refractivity contribution is 7.90. The van der Waals surface area contributed by atoms with E-state index in [4.69, 9.17) is 4.74 Å². The van der Waals surface area contributed by atoms with Gasteiger partial charge in [0.1, 0.15) is 17.3 Å². The molecule has 6 aromatic rings. The van der Waals surface area contributed by atoms with Gasteiger partial charge in [0, 0.05) is 34.5 Å². The number of nitrogens with zero attached hydrogens (tertiary/aromatic N) is 2. The molecule has 5 nitrogen and oxygen atoms in total. The van der Waals surface area contributed by atoms with Crippen molar-refractivity contribution in [2.24, 2.45) is 0 Å². The van der Waals surface area contributed by atoms with Crippen LogP contribution in [0.15, 0.2) is 133 Å². The van der Waals surface area contributed by atoms with Crippen molar-refractivity contribution in [3.05, 3.63) is 133 Å². The highest BCUT2D eigenvalue weighted by Gasteiger charge is 2.23. The lowest BCUT2D eigenvalue weighted by Gasteiger charge is -2.12. The van der Waals surface area contributed by atoms with Crippen LogP contribution >= 0.6 is 0 Å². The molecule has 0 N–H and O–H groups in total. The number of rotatable bonds is 6. The van der Waals surface area contributed by atoms with Crippen LogP contribution in [0.25, 0.3) is 33.3 Å². The molecule has 0 saturated heterocycles. The molecule has 2 aromatic heterocycles. The van der Waals surface area contributed by atoms with E-state index in [0.717, 1.165) is 11.1 Å². The van der Waals surface area contributed by atoms with Gasteiger partial charge in [0.05, 0.1) is 4.90 Å². The van der Waals surface area contributed by atoms with E-state index in [9.17, 15) is 12.8 Å². The predicted octanol–water partition coefficient (Wildman–Crippen LogP) is 7.54. The molecule has 0 amide bonds. The third kappa shape index (κ3) is 4.33. The summed E-state index contributed by atoms with van der Waals surface area (Å²) >= 11 is 0. The molecule has 186 valence electrons. The monoisotopic (exact) mass is 520 g/mol. The van der Waals surface area contributed by atoms with Crippen LogP contribution in [0.1, 0.15) is 0 Å². The molecule has 0 spiro atoms. The maximum Gasteiger partial charge on any atom is 0.269 e. The van der Waals surface area contributed by atoms with E-state index in [-0.39, 0.29) is 16.4 Å². The molecule has 0 aliphatic rings. The summed E-state index contributed by atoms with van der Waals surface area (Å²) < 4.78 is 48.3. The normalized spacial score (nSPS) is 11.5. The Kier molecular flexibility index (Phi) is 5.98. The molecule has 6 rings (SSSR count). The highest BCUT2D eigenvalue weighted by Crippen LogP contribution is 2.38. The molecule has 7 heteroatoms. The van der Waals surface area contributed by atoms with Gasteiger partial charge in [-0.25, -0.2) is 21.8 Å². The number of pyridine rings is 1. The first-order chi connectivity index (χ1) is 18.5. The summed E-state index contributed by atoms with van der Waals surface area (Å²) in [5.74, 6) is 0.959. The number of ether oxygens (including phenoxy) is 1. The van der Waals surface area contributed by atoms with Gasteiger partial charge in [-0.15, -0.1) is 0 Å². The van der Waals surface area contributed by atoms with Crippen LogP contribution in [0.2, 0.25) is 0 Å². The van der Waals surface area contributed by atoms with E-state index < -0.39 is 10.0 Å². The summed E-state index contributed by atoms with van der Waals surface area (Å²) in [5.41, 5.74) is 3.12. The average molecular weight is 521 g/mol. The Labute approximate surface area is 219 Å². The maximum absolute atomic E-state index is 13.7. The van der Waals surface area contributed by atoms with Crippen LogP contribution in [-0.2, 0) is 10.0 Å². The van der Waals surface area contributed by atoms with Crippen LogP contribution in [0, 0.1) is 5.82 Å². The molecule has 0 saturated carbocycles. The Morgan fingerprint density at radius 3 is 2.11 bits per heavy atom.